The molecular weight excluding hydrogens is 346 g/mol. The number of amides is 1. The summed E-state index contributed by atoms with van der Waals surface area (Å²) in [5.41, 5.74) is 0.686. The maximum Gasteiger partial charge on any atom is 0.246 e. The van der Waals surface area contributed by atoms with Crippen LogP contribution >= 0.6 is 11.3 Å². The maximum atomic E-state index is 13.3. The van der Waals surface area contributed by atoms with Crippen molar-refractivity contribution in [1.29, 1.82) is 0 Å². The number of carbonyl (C=O) groups excluding carboxylic acids is 1. The molecule has 0 N–H and O–H groups in total. The average Bonchev–Trinajstić information content (AvgIpc) is 3.42. The summed E-state index contributed by atoms with van der Waals surface area (Å²) in [4.78, 5) is 20.5. The predicted octanol–water partition coefficient (Wildman–Crippen LogP) is 4.27. The Morgan fingerprint density at radius 1 is 1.19 bits per heavy atom. The van der Waals surface area contributed by atoms with Crippen LogP contribution in [0.4, 0.5) is 0 Å². The van der Waals surface area contributed by atoms with E-state index >= 15 is 0 Å². The fraction of sp³-hybridized carbons (Fsp3) is 0.350. The van der Waals surface area contributed by atoms with Gasteiger partial charge in [-0.25, -0.2) is 0 Å². The molecule has 1 fully saturated rings. The zero-order valence-corrected chi connectivity index (χ0v) is 15.5. The summed E-state index contributed by atoms with van der Waals surface area (Å²) in [5, 5.41) is 6.01. The van der Waals surface area contributed by atoms with Crippen molar-refractivity contribution in [2.24, 2.45) is 0 Å². The van der Waals surface area contributed by atoms with Crippen molar-refractivity contribution in [3.63, 3.8) is 0 Å². The number of hydrogen-bond donors (Lipinski definition) is 0. The van der Waals surface area contributed by atoms with Crippen molar-refractivity contribution in [3.8, 4) is 10.7 Å². The molecule has 5 nitrogen and oxygen atoms in total. The minimum atomic E-state index is -0.424. The number of likely N-dealkylation sites (N-methyl/N-ethyl adjacent to an activating group) is 1. The summed E-state index contributed by atoms with van der Waals surface area (Å²) in [6.07, 6.45) is 3.95. The molecule has 1 aliphatic carbocycles. The molecule has 2 aromatic heterocycles. The fourth-order valence-electron chi connectivity index (χ4n) is 3.83. The normalized spacial score (nSPS) is 15.9. The molecule has 1 aliphatic rings. The van der Waals surface area contributed by atoms with E-state index in [4.69, 9.17) is 4.52 Å². The molecule has 0 spiro atoms. The number of hydrogen-bond acceptors (Lipinski definition) is 5. The standard InChI is InChI=1S/C20H21N3O2S/c1-23(14-17-21-18(22-25-17)16-10-7-13-26-16)19(24)20(11-5-6-12-20)15-8-3-2-4-9-15/h2-4,7-10,13H,5-6,11-12,14H2,1H3. The van der Waals surface area contributed by atoms with E-state index in [2.05, 4.69) is 22.3 Å². The maximum absolute atomic E-state index is 13.3. The van der Waals surface area contributed by atoms with Crippen molar-refractivity contribution in [3.05, 3.63) is 59.3 Å². The Morgan fingerprint density at radius 3 is 2.65 bits per heavy atom. The highest BCUT2D eigenvalue weighted by Gasteiger charge is 2.44. The Morgan fingerprint density at radius 2 is 1.96 bits per heavy atom. The second kappa shape index (κ2) is 7.03. The van der Waals surface area contributed by atoms with Crippen LogP contribution in [0, 0.1) is 0 Å². The molecule has 0 atom stereocenters. The van der Waals surface area contributed by atoms with Crippen LogP contribution < -0.4 is 0 Å². The van der Waals surface area contributed by atoms with Gasteiger partial charge in [-0.2, -0.15) is 4.98 Å². The molecule has 3 aromatic rings. The predicted molar refractivity (Wildman–Crippen MR) is 101 cm³/mol. The van der Waals surface area contributed by atoms with Gasteiger partial charge in [-0.05, 0) is 29.9 Å². The summed E-state index contributed by atoms with van der Waals surface area (Å²) in [6, 6.07) is 14.1. The molecule has 0 saturated heterocycles. The fourth-order valence-corrected chi connectivity index (χ4v) is 4.48. The van der Waals surface area contributed by atoms with Crippen LogP contribution in [0.3, 0.4) is 0 Å². The molecule has 4 rings (SSSR count). The first-order chi connectivity index (χ1) is 12.7. The van der Waals surface area contributed by atoms with Crippen LogP contribution in [0.2, 0.25) is 0 Å². The Hall–Kier alpha value is -2.47. The van der Waals surface area contributed by atoms with Gasteiger partial charge in [-0.15, -0.1) is 11.3 Å². The van der Waals surface area contributed by atoms with Crippen LogP contribution in [0.15, 0.2) is 52.4 Å². The molecule has 1 amide bonds. The Bertz CT molecular complexity index is 868. The van der Waals surface area contributed by atoms with Crippen LogP contribution in [0.1, 0.15) is 37.1 Å². The summed E-state index contributed by atoms with van der Waals surface area (Å²) in [7, 11) is 1.82. The van der Waals surface area contributed by atoms with Gasteiger partial charge in [-0.3, -0.25) is 4.79 Å². The molecule has 6 heteroatoms. The van der Waals surface area contributed by atoms with Crippen LogP contribution in [0.5, 0.6) is 0 Å². The third-order valence-electron chi connectivity index (χ3n) is 5.12. The van der Waals surface area contributed by atoms with E-state index in [-0.39, 0.29) is 5.91 Å². The second-order valence-corrected chi connectivity index (χ2v) is 7.75. The number of aromatic nitrogens is 2. The monoisotopic (exact) mass is 367 g/mol. The summed E-state index contributed by atoms with van der Waals surface area (Å²) in [5.74, 6) is 1.18. The van der Waals surface area contributed by atoms with E-state index in [0.29, 0.717) is 18.3 Å². The largest absolute Gasteiger partial charge is 0.337 e. The SMILES string of the molecule is CN(Cc1nc(-c2cccs2)no1)C(=O)C1(c2ccccc2)CCCC1. The highest BCUT2D eigenvalue weighted by molar-refractivity contribution is 7.13. The van der Waals surface area contributed by atoms with E-state index in [1.54, 1.807) is 16.2 Å². The third-order valence-corrected chi connectivity index (χ3v) is 5.99. The summed E-state index contributed by atoms with van der Waals surface area (Å²) < 4.78 is 5.36. The molecule has 0 unspecified atom stereocenters. The topological polar surface area (TPSA) is 59.2 Å². The van der Waals surface area contributed by atoms with Gasteiger partial charge < -0.3 is 9.42 Å². The average molecular weight is 367 g/mol. The number of thiophene rings is 1. The zero-order valence-electron chi connectivity index (χ0n) is 14.7. The molecule has 0 radical (unpaired) electrons. The number of carbonyl (C=O) groups is 1. The molecule has 0 bridgehead atoms. The van der Waals surface area contributed by atoms with Gasteiger partial charge in [0, 0.05) is 7.05 Å². The van der Waals surface area contributed by atoms with Gasteiger partial charge in [-0.1, -0.05) is 54.4 Å². The quantitative estimate of drug-likeness (QED) is 0.676. The molecular formula is C20H21N3O2S. The molecule has 1 saturated carbocycles. The van der Waals surface area contributed by atoms with Gasteiger partial charge >= 0.3 is 0 Å². The van der Waals surface area contributed by atoms with Gasteiger partial charge in [0.25, 0.3) is 0 Å². The summed E-state index contributed by atoms with van der Waals surface area (Å²) in [6.45, 7) is 0.325. The first-order valence-electron chi connectivity index (χ1n) is 8.87. The number of rotatable bonds is 5. The molecule has 2 heterocycles. The van der Waals surface area contributed by atoms with Crippen molar-refractivity contribution >= 4 is 17.2 Å². The van der Waals surface area contributed by atoms with E-state index in [9.17, 15) is 4.79 Å². The zero-order chi connectivity index (χ0) is 18.0. The first-order valence-corrected chi connectivity index (χ1v) is 9.74. The van der Waals surface area contributed by atoms with Gasteiger partial charge in [0.05, 0.1) is 16.8 Å². The molecule has 26 heavy (non-hydrogen) atoms. The van der Waals surface area contributed by atoms with Crippen LogP contribution in [-0.4, -0.2) is 28.0 Å². The Labute approximate surface area is 156 Å². The van der Waals surface area contributed by atoms with Gasteiger partial charge in [0.2, 0.25) is 17.6 Å². The molecule has 0 aliphatic heterocycles. The van der Waals surface area contributed by atoms with Gasteiger partial charge in [0.15, 0.2) is 0 Å². The van der Waals surface area contributed by atoms with Crippen molar-refractivity contribution in [1.82, 2.24) is 15.0 Å². The first kappa shape index (κ1) is 17.0. The highest BCUT2D eigenvalue weighted by Crippen LogP contribution is 2.42. The highest BCUT2D eigenvalue weighted by atomic mass is 32.1. The minimum absolute atomic E-state index is 0.136. The van der Waals surface area contributed by atoms with Crippen LogP contribution in [0.25, 0.3) is 10.7 Å². The Balaban J connectivity index is 1.54. The number of nitrogens with zero attached hydrogens (tertiary/aromatic N) is 3. The lowest BCUT2D eigenvalue weighted by Crippen LogP contribution is -2.43. The van der Waals surface area contributed by atoms with Crippen molar-refractivity contribution < 1.29 is 9.32 Å². The van der Waals surface area contributed by atoms with Crippen molar-refractivity contribution in [2.45, 2.75) is 37.6 Å². The van der Waals surface area contributed by atoms with E-state index in [1.807, 2.05) is 42.8 Å². The molecule has 134 valence electrons. The van der Waals surface area contributed by atoms with Gasteiger partial charge in [0.1, 0.15) is 0 Å². The van der Waals surface area contributed by atoms with E-state index in [0.717, 1.165) is 36.1 Å². The van der Waals surface area contributed by atoms with Crippen LogP contribution in [-0.2, 0) is 16.8 Å². The molecule has 1 aromatic carbocycles. The lowest BCUT2D eigenvalue weighted by atomic mass is 9.77. The summed E-state index contributed by atoms with van der Waals surface area (Å²) >= 11 is 1.57. The second-order valence-electron chi connectivity index (χ2n) is 6.81. The van der Waals surface area contributed by atoms with Crippen molar-refractivity contribution in [2.75, 3.05) is 7.05 Å². The Kier molecular flexibility index (Phi) is 4.59. The van der Waals surface area contributed by atoms with E-state index in [1.165, 1.54) is 0 Å². The number of benzene rings is 1. The van der Waals surface area contributed by atoms with E-state index < -0.39 is 5.41 Å². The minimum Gasteiger partial charge on any atom is -0.337 e. The third kappa shape index (κ3) is 3.05. The lowest BCUT2D eigenvalue weighted by molar-refractivity contribution is -0.136. The lowest BCUT2D eigenvalue weighted by Gasteiger charge is -2.32. The smallest absolute Gasteiger partial charge is 0.246 e.